The lowest BCUT2D eigenvalue weighted by Gasteiger charge is -2.23. The molecule has 1 unspecified atom stereocenters. The van der Waals surface area contributed by atoms with E-state index < -0.39 is 0 Å². The molecule has 2 saturated heterocycles. The first kappa shape index (κ1) is 21.1. The van der Waals surface area contributed by atoms with Gasteiger partial charge in [0.2, 0.25) is 5.91 Å². The summed E-state index contributed by atoms with van der Waals surface area (Å²) in [6.07, 6.45) is 5.85. The molecule has 6 nitrogen and oxygen atoms in total. The summed E-state index contributed by atoms with van der Waals surface area (Å²) in [6.45, 7) is 4.28. The van der Waals surface area contributed by atoms with Crippen molar-refractivity contribution in [3.05, 3.63) is 41.6 Å². The molecule has 2 aromatic rings. The zero-order valence-corrected chi connectivity index (χ0v) is 17.9. The van der Waals surface area contributed by atoms with Gasteiger partial charge in [0.25, 0.3) is 0 Å². The second-order valence-electron chi connectivity index (χ2n) is 8.13. The lowest BCUT2D eigenvalue weighted by Crippen LogP contribution is -2.37. The van der Waals surface area contributed by atoms with Crippen LogP contribution in [0.1, 0.15) is 25.7 Å². The maximum Gasteiger partial charge on any atom is 0.229 e. The number of pyridine rings is 1. The van der Waals surface area contributed by atoms with Crippen LogP contribution in [-0.2, 0) is 9.53 Å². The second-order valence-corrected chi connectivity index (χ2v) is 8.53. The Balaban J connectivity index is 1.45. The molecule has 1 amide bonds. The number of carbonyl (C=O) groups excluding carboxylic acids is 1. The predicted octanol–water partition coefficient (Wildman–Crippen LogP) is 4.18. The van der Waals surface area contributed by atoms with E-state index in [2.05, 4.69) is 33.1 Å². The minimum absolute atomic E-state index is 0.00749. The number of anilines is 2. The summed E-state index contributed by atoms with van der Waals surface area (Å²) in [5.74, 6) is 1.06. The Morgan fingerprint density at radius 3 is 3.00 bits per heavy atom. The van der Waals surface area contributed by atoms with Gasteiger partial charge < -0.3 is 20.7 Å². The van der Waals surface area contributed by atoms with Crippen LogP contribution in [0.3, 0.4) is 0 Å². The third kappa shape index (κ3) is 5.50. The van der Waals surface area contributed by atoms with Gasteiger partial charge in [0.05, 0.1) is 17.5 Å². The van der Waals surface area contributed by atoms with Gasteiger partial charge in [0, 0.05) is 37.1 Å². The summed E-state index contributed by atoms with van der Waals surface area (Å²) in [5.41, 5.74) is 2.89. The summed E-state index contributed by atoms with van der Waals surface area (Å²) in [5, 5.41) is 10.3. The van der Waals surface area contributed by atoms with Crippen molar-refractivity contribution in [3.63, 3.8) is 0 Å². The molecule has 3 N–H and O–H groups in total. The van der Waals surface area contributed by atoms with Crippen molar-refractivity contribution in [3.8, 4) is 11.1 Å². The monoisotopic (exact) mass is 428 g/mol. The van der Waals surface area contributed by atoms with Crippen molar-refractivity contribution in [1.29, 1.82) is 0 Å². The van der Waals surface area contributed by atoms with Crippen molar-refractivity contribution < 1.29 is 9.53 Å². The maximum absolute atomic E-state index is 12.5. The second kappa shape index (κ2) is 10.2. The number of ether oxygens (including phenoxy) is 1. The fourth-order valence-corrected chi connectivity index (χ4v) is 4.27. The van der Waals surface area contributed by atoms with Crippen LogP contribution in [0.5, 0.6) is 0 Å². The molecular formula is C23H29ClN4O2. The number of hydrogen-bond donors (Lipinski definition) is 3. The Morgan fingerprint density at radius 1 is 1.27 bits per heavy atom. The molecule has 2 atom stereocenters. The SMILES string of the molecule is O=C(Nc1cc(-c2cccc(NCC3CCCOC3)c2)c(Cl)cn1)[C@@H]1CCCNC1. The van der Waals surface area contributed by atoms with Crippen molar-refractivity contribution in [1.82, 2.24) is 10.3 Å². The molecule has 1 aromatic heterocycles. The molecule has 2 aliphatic heterocycles. The van der Waals surface area contributed by atoms with Crippen LogP contribution < -0.4 is 16.0 Å². The van der Waals surface area contributed by atoms with E-state index in [1.165, 1.54) is 6.42 Å². The van der Waals surface area contributed by atoms with Crippen LogP contribution in [0.15, 0.2) is 36.5 Å². The van der Waals surface area contributed by atoms with Gasteiger partial charge in [-0.1, -0.05) is 23.7 Å². The summed E-state index contributed by atoms with van der Waals surface area (Å²) in [4.78, 5) is 16.9. The number of amides is 1. The van der Waals surface area contributed by atoms with E-state index in [-0.39, 0.29) is 11.8 Å². The fourth-order valence-electron chi connectivity index (χ4n) is 4.06. The van der Waals surface area contributed by atoms with E-state index in [9.17, 15) is 4.79 Å². The Labute approximate surface area is 182 Å². The van der Waals surface area contributed by atoms with Gasteiger partial charge in [-0.3, -0.25) is 4.79 Å². The molecular weight excluding hydrogens is 400 g/mol. The Bertz CT molecular complexity index is 864. The summed E-state index contributed by atoms with van der Waals surface area (Å²) < 4.78 is 5.57. The van der Waals surface area contributed by atoms with Gasteiger partial charge >= 0.3 is 0 Å². The smallest absolute Gasteiger partial charge is 0.229 e. The number of piperidine rings is 1. The first-order valence-electron chi connectivity index (χ1n) is 10.8. The molecule has 0 aliphatic carbocycles. The lowest BCUT2D eigenvalue weighted by atomic mass is 9.99. The molecule has 7 heteroatoms. The highest BCUT2D eigenvalue weighted by atomic mass is 35.5. The van der Waals surface area contributed by atoms with E-state index in [1.807, 2.05) is 18.2 Å². The first-order valence-corrected chi connectivity index (χ1v) is 11.2. The number of hydrogen-bond acceptors (Lipinski definition) is 5. The number of rotatable bonds is 6. The largest absolute Gasteiger partial charge is 0.385 e. The fraction of sp³-hybridized carbons (Fsp3) is 0.478. The molecule has 4 rings (SSSR count). The first-order chi connectivity index (χ1) is 14.7. The average molecular weight is 429 g/mol. The predicted molar refractivity (Wildman–Crippen MR) is 121 cm³/mol. The number of nitrogens with zero attached hydrogens (tertiary/aromatic N) is 1. The van der Waals surface area contributed by atoms with Crippen molar-refractivity contribution in [2.75, 3.05) is 43.5 Å². The van der Waals surface area contributed by atoms with E-state index in [0.29, 0.717) is 23.3 Å². The van der Waals surface area contributed by atoms with Crippen molar-refractivity contribution in [2.24, 2.45) is 11.8 Å². The minimum Gasteiger partial charge on any atom is -0.385 e. The highest BCUT2D eigenvalue weighted by Gasteiger charge is 2.21. The molecule has 160 valence electrons. The highest BCUT2D eigenvalue weighted by Crippen LogP contribution is 2.31. The third-order valence-corrected chi connectivity index (χ3v) is 6.10. The molecule has 1 aromatic carbocycles. The van der Waals surface area contributed by atoms with Gasteiger partial charge in [-0.05, 0) is 61.9 Å². The lowest BCUT2D eigenvalue weighted by molar-refractivity contribution is -0.120. The molecule has 30 heavy (non-hydrogen) atoms. The zero-order chi connectivity index (χ0) is 20.8. The van der Waals surface area contributed by atoms with Gasteiger partial charge in [-0.25, -0.2) is 4.98 Å². The normalized spacial score (nSPS) is 21.8. The molecule has 0 radical (unpaired) electrons. The quantitative estimate of drug-likeness (QED) is 0.643. The van der Waals surface area contributed by atoms with Crippen molar-refractivity contribution in [2.45, 2.75) is 25.7 Å². The number of aromatic nitrogens is 1. The maximum atomic E-state index is 12.5. The Hall–Kier alpha value is -2.15. The number of nitrogens with one attached hydrogen (secondary N) is 3. The van der Waals surface area contributed by atoms with E-state index in [4.69, 9.17) is 16.3 Å². The van der Waals surface area contributed by atoms with E-state index in [0.717, 1.165) is 62.4 Å². The summed E-state index contributed by atoms with van der Waals surface area (Å²) in [6, 6.07) is 10.0. The summed E-state index contributed by atoms with van der Waals surface area (Å²) in [7, 11) is 0. The van der Waals surface area contributed by atoms with Gasteiger partial charge in [-0.15, -0.1) is 0 Å². The van der Waals surface area contributed by atoms with Crippen LogP contribution >= 0.6 is 11.6 Å². The number of halogens is 1. The van der Waals surface area contributed by atoms with Crippen LogP contribution in [0.2, 0.25) is 5.02 Å². The number of benzene rings is 1. The van der Waals surface area contributed by atoms with Crippen LogP contribution in [0.25, 0.3) is 11.1 Å². The molecule has 2 fully saturated rings. The van der Waals surface area contributed by atoms with Gasteiger partial charge in [0.1, 0.15) is 5.82 Å². The molecule has 0 bridgehead atoms. The zero-order valence-electron chi connectivity index (χ0n) is 17.1. The van der Waals surface area contributed by atoms with Crippen LogP contribution in [0, 0.1) is 11.8 Å². The van der Waals surface area contributed by atoms with Crippen LogP contribution in [0.4, 0.5) is 11.5 Å². The number of carbonyl (C=O) groups is 1. The van der Waals surface area contributed by atoms with Gasteiger partial charge in [-0.2, -0.15) is 0 Å². The van der Waals surface area contributed by atoms with Crippen molar-refractivity contribution >= 4 is 29.0 Å². The van der Waals surface area contributed by atoms with Gasteiger partial charge in [0.15, 0.2) is 0 Å². The summed E-state index contributed by atoms with van der Waals surface area (Å²) >= 11 is 6.44. The molecule has 0 spiro atoms. The highest BCUT2D eigenvalue weighted by molar-refractivity contribution is 6.33. The van der Waals surface area contributed by atoms with Crippen LogP contribution in [-0.4, -0.2) is 43.7 Å². The molecule has 3 heterocycles. The Morgan fingerprint density at radius 2 is 2.20 bits per heavy atom. The average Bonchev–Trinajstić information content (AvgIpc) is 2.80. The minimum atomic E-state index is -0.0176. The molecule has 0 saturated carbocycles. The Kier molecular flexibility index (Phi) is 7.20. The standard InChI is InChI=1S/C23H29ClN4O2/c24-21-14-27-22(28-23(29)18-6-2-8-25-13-18)11-20(21)17-5-1-7-19(10-17)26-12-16-4-3-9-30-15-16/h1,5,7,10-11,14,16,18,25-26H,2-4,6,8-9,12-13,15H2,(H,27,28,29)/t16?,18-/m1/s1. The topological polar surface area (TPSA) is 75.3 Å². The third-order valence-electron chi connectivity index (χ3n) is 5.80. The van der Waals surface area contributed by atoms with E-state index in [1.54, 1.807) is 6.20 Å². The molecule has 2 aliphatic rings. The van der Waals surface area contributed by atoms with E-state index >= 15 is 0 Å².